The van der Waals surface area contributed by atoms with Crippen molar-refractivity contribution in [3.63, 3.8) is 0 Å². The molecule has 0 spiro atoms. The molecule has 0 radical (unpaired) electrons. The molecule has 118 valence electrons. The molecule has 1 fully saturated rings. The normalized spacial score (nSPS) is 16.2. The number of aliphatic hydroxyl groups is 1. The second-order valence-corrected chi connectivity index (χ2v) is 5.79. The quantitative estimate of drug-likeness (QED) is 0.834. The van der Waals surface area contributed by atoms with E-state index in [2.05, 4.69) is 14.9 Å². The van der Waals surface area contributed by atoms with Crippen LogP contribution in [0.3, 0.4) is 0 Å². The molecule has 1 aromatic heterocycles. The van der Waals surface area contributed by atoms with Crippen molar-refractivity contribution in [2.75, 3.05) is 23.8 Å². The van der Waals surface area contributed by atoms with Gasteiger partial charge in [0, 0.05) is 12.6 Å². The Bertz CT molecular complexity index is 447. The van der Waals surface area contributed by atoms with Gasteiger partial charge >= 0.3 is 0 Å². The third-order valence-corrected chi connectivity index (χ3v) is 3.80. The van der Waals surface area contributed by atoms with E-state index in [1.54, 1.807) is 0 Å². The summed E-state index contributed by atoms with van der Waals surface area (Å²) in [5.41, 5.74) is 6.66. The van der Waals surface area contributed by atoms with Gasteiger partial charge in [0.1, 0.15) is 12.0 Å². The minimum atomic E-state index is 0.0102. The summed E-state index contributed by atoms with van der Waals surface area (Å²) in [5, 5.41) is 9.38. The lowest BCUT2D eigenvalue weighted by Crippen LogP contribution is -2.40. The van der Waals surface area contributed by atoms with Gasteiger partial charge in [-0.05, 0) is 26.7 Å². The van der Waals surface area contributed by atoms with E-state index in [-0.39, 0.29) is 12.7 Å². The van der Waals surface area contributed by atoms with Crippen LogP contribution >= 0.6 is 0 Å². The molecule has 1 aromatic rings. The third kappa shape index (κ3) is 3.97. The van der Waals surface area contributed by atoms with E-state index in [1.807, 2.05) is 13.8 Å². The van der Waals surface area contributed by atoms with Crippen LogP contribution in [0, 0.1) is 0 Å². The number of nitrogens with zero attached hydrogens (tertiary/aromatic N) is 3. The van der Waals surface area contributed by atoms with Crippen LogP contribution in [0.5, 0.6) is 5.88 Å². The van der Waals surface area contributed by atoms with Crippen LogP contribution in [-0.2, 0) is 0 Å². The van der Waals surface area contributed by atoms with Gasteiger partial charge in [0.25, 0.3) is 0 Å². The highest BCUT2D eigenvalue weighted by atomic mass is 16.5. The molecule has 0 unspecified atom stereocenters. The number of aliphatic hydroxyl groups excluding tert-OH is 1. The Hall–Kier alpha value is -1.56. The Kier molecular flexibility index (Phi) is 5.61. The van der Waals surface area contributed by atoms with Gasteiger partial charge in [0.15, 0.2) is 5.82 Å². The standard InChI is InChI=1S/C15H26N4O2/c1-11(2)21-15-13(16)14(17-10-18-15)19(8-9-20)12-6-4-3-5-7-12/h10-12,20H,3-9,16H2,1-2H3. The first-order valence-electron chi connectivity index (χ1n) is 7.78. The van der Waals surface area contributed by atoms with Gasteiger partial charge in [-0.2, -0.15) is 4.98 Å². The largest absolute Gasteiger partial charge is 0.473 e. The second kappa shape index (κ2) is 7.45. The van der Waals surface area contributed by atoms with Gasteiger partial charge in [-0.3, -0.25) is 0 Å². The summed E-state index contributed by atoms with van der Waals surface area (Å²) in [6.45, 7) is 4.50. The van der Waals surface area contributed by atoms with E-state index in [4.69, 9.17) is 10.5 Å². The Labute approximate surface area is 126 Å². The highest BCUT2D eigenvalue weighted by molar-refractivity contribution is 5.68. The number of ether oxygens (including phenoxy) is 1. The molecule has 3 N–H and O–H groups in total. The van der Waals surface area contributed by atoms with Crippen molar-refractivity contribution in [1.29, 1.82) is 0 Å². The van der Waals surface area contributed by atoms with E-state index in [1.165, 1.54) is 25.6 Å². The number of hydrogen-bond donors (Lipinski definition) is 2. The summed E-state index contributed by atoms with van der Waals surface area (Å²) in [5.74, 6) is 1.11. The summed E-state index contributed by atoms with van der Waals surface area (Å²) in [6, 6.07) is 0.384. The maximum absolute atomic E-state index is 9.38. The Morgan fingerprint density at radius 3 is 2.67 bits per heavy atom. The van der Waals surface area contributed by atoms with Crippen LogP contribution in [0.2, 0.25) is 0 Å². The SMILES string of the molecule is CC(C)Oc1ncnc(N(CCO)C2CCCCC2)c1N. The zero-order valence-corrected chi connectivity index (χ0v) is 13.0. The smallest absolute Gasteiger partial charge is 0.242 e. The molecule has 1 aliphatic rings. The Balaban J connectivity index is 2.26. The molecule has 0 amide bonds. The fourth-order valence-electron chi connectivity index (χ4n) is 2.88. The molecular weight excluding hydrogens is 268 g/mol. The molecule has 2 rings (SSSR count). The predicted octanol–water partition coefficient (Wildman–Crippen LogP) is 1.98. The Morgan fingerprint density at radius 2 is 2.05 bits per heavy atom. The summed E-state index contributed by atoms with van der Waals surface area (Å²) < 4.78 is 5.64. The van der Waals surface area contributed by atoms with Crippen molar-refractivity contribution in [2.24, 2.45) is 0 Å². The van der Waals surface area contributed by atoms with Crippen molar-refractivity contribution < 1.29 is 9.84 Å². The number of aromatic nitrogens is 2. The first-order valence-corrected chi connectivity index (χ1v) is 7.78. The van der Waals surface area contributed by atoms with E-state index in [9.17, 15) is 5.11 Å². The summed E-state index contributed by atoms with van der Waals surface area (Å²) in [4.78, 5) is 10.6. The highest BCUT2D eigenvalue weighted by Crippen LogP contribution is 2.33. The molecule has 0 saturated heterocycles. The highest BCUT2D eigenvalue weighted by Gasteiger charge is 2.25. The van der Waals surface area contributed by atoms with Gasteiger partial charge in [-0.15, -0.1) is 0 Å². The lowest BCUT2D eigenvalue weighted by Gasteiger charge is -2.35. The molecule has 0 aromatic carbocycles. The topological polar surface area (TPSA) is 84.5 Å². The molecule has 1 aliphatic carbocycles. The van der Waals surface area contributed by atoms with Crippen LogP contribution in [0.1, 0.15) is 46.0 Å². The maximum atomic E-state index is 9.38. The summed E-state index contributed by atoms with van der Waals surface area (Å²) in [7, 11) is 0. The predicted molar refractivity (Wildman–Crippen MR) is 83.5 cm³/mol. The fraction of sp³-hybridized carbons (Fsp3) is 0.733. The monoisotopic (exact) mass is 294 g/mol. The molecule has 1 heterocycles. The van der Waals surface area contributed by atoms with Crippen LogP contribution in [0.25, 0.3) is 0 Å². The van der Waals surface area contributed by atoms with Gasteiger partial charge < -0.3 is 20.5 Å². The number of rotatable bonds is 6. The Morgan fingerprint density at radius 1 is 1.33 bits per heavy atom. The van der Waals surface area contributed by atoms with Crippen molar-refractivity contribution >= 4 is 11.5 Å². The fourth-order valence-corrected chi connectivity index (χ4v) is 2.88. The molecule has 1 saturated carbocycles. The average molecular weight is 294 g/mol. The molecule has 0 atom stereocenters. The van der Waals surface area contributed by atoms with Crippen molar-refractivity contribution in [3.8, 4) is 5.88 Å². The van der Waals surface area contributed by atoms with E-state index >= 15 is 0 Å². The first kappa shape index (κ1) is 15.8. The van der Waals surface area contributed by atoms with Crippen LogP contribution in [-0.4, -0.2) is 40.4 Å². The summed E-state index contributed by atoms with van der Waals surface area (Å²) in [6.07, 6.45) is 7.44. The van der Waals surface area contributed by atoms with E-state index in [0.29, 0.717) is 30.0 Å². The number of nitrogen functional groups attached to an aromatic ring is 1. The molecule has 0 aliphatic heterocycles. The van der Waals surface area contributed by atoms with Crippen LogP contribution in [0.15, 0.2) is 6.33 Å². The molecule has 6 heteroatoms. The van der Waals surface area contributed by atoms with Crippen LogP contribution < -0.4 is 15.4 Å². The third-order valence-electron chi connectivity index (χ3n) is 3.80. The molecule has 21 heavy (non-hydrogen) atoms. The van der Waals surface area contributed by atoms with Gasteiger partial charge in [0.2, 0.25) is 5.88 Å². The van der Waals surface area contributed by atoms with Gasteiger partial charge in [0.05, 0.1) is 12.7 Å². The molecule has 6 nitrogen and oxygen atoms in total. The van der Waals surface area contributed by atoms with Gasteiger partial charge in [-0.1, -0.05) is 19.3 Å². The minimum Gasteiger partial charge on any atom is -0.473 e. The first-order chi connectivity index (χ1) is 10.1. The van der Waals surface area contributed by atoms with Gasteiger partial charge in [-0.25, -0.2) is 4.98 Å². The lowest BCUT2D eigenvalue weighted by molar-refractivity contribution is 0.233. The lowest BCUT2D eigenvalue weighted by atomic mass is 9.94. The minimum absolute atomic E-state index is 0.0102. The summed E-state index contributed by atoms with van der Waals surface area (Å²) >= 11 is 0. The van der Waals surface area contributed by atoms with Crippen molar-refractivity contribution in [1.82, 2.24) is 9.97 Å². The molecular formula is C15H26N4O2. The van der Waals surface area contributed by atoms with Crippen molar-refractivity contribution in [3.05, 3.63) is 6.33 Å². The maximum Gasteiger partial charge on any atom is 0.242 e. The van der Waals surface area contributed by atoms with E-state index in [0.717, 1.165) is 12.8 Å². The number of hydrogen-bond acceptors (Lipinski definition) is 6. The van der Waals surface area contributed by atoms with Crippen molar-refractivity contribution in [2.45, 2.75) is 58.1 Å². The zero-order valence-electron chi connectivity index (χ0n) is 13.0. The average Bonchev–Trinajstić information content (AvgIpc) is 2.48. The van der Waals surface area contributed by atoms with E-state index < -0.39 is 0 Å². The zero-order chi connectivity index (χ0) is 15.2. The van der Waals surface area contributed by atoms with Crippen LogP contribution in [0.4, 0.5) is 11.5 Å². The second-order valence-electron chi connectivity index (χ2n) is 5.79. The number of nitrogens with two attached hydrogens (primary N) is 1. The molecule has 0 bridgehead atoms. The number of anilines is 2.